The van der Waals surface area contributed by atoms with Crippen LogP contribution in [0.15, 0.2) is 24.3 Å². The minimum absolute atomic E-state index is 0.372. The number of aromatic hydroxyl groups is 1. The van der Waals surface area contributed by atoms with Crippen molar-refractivity contribution in [1.82, 2.24) is 10.2 Å². The normalized spacial score (nSPS) is 29.4. The molecular formula is C15H22N2O. The van der Waals surface area contributed by atoms with Crippen LogP contribution in [0.25, 0.3) is 0 Å². The van der Waals surface area contributed by atoms with Crippen LogP contribution in [0.2, 0.25) is 0 Å². The van der Waals surface area contributed by atoms with Gasteiger partial charge in [-0.3, -0.25) is 4.90 Å². The van der Waals surface area contributed by atoms with E-state index in [-0.39, 0.29) is 0 Å². The summed E-state index contributed by atoms with van der Waals surface area (Å²) in [6.45, 7) is 6.88. The molecule has 3 unspecified atom stereocenters. The second kappa shape index (κ2) is 4.90. The second-order valence-corrected chi connectivity index (χ2v) is 5.62. The molecule has 0 bridgehead atoms. The summed E-state index contributed by atoms with van der Waals surface area (Å²) in [6, 6.07) is 8.16. The summed E-state index contributed by atoms with van der Waals surface area (Å²) in [5, 5.41) is 13.5. The molecule has 1 aromatic carbocycles. The van der Waals surface area contributed by atoms with Crippen LogP contribution in [0.1, 0.15) is 24.9 Å². The molecule has 3 rings (SSSR count). The molecule has 3 heteroatoms. The lowest BCUT2D eigenvalue weighted by Crippen LogP contribution is -2.29. The molecular weight excluding hydrogens is 224 g/mol. The quantitative estimate of drug-likeness (QED) is 0.856. The monoisotopic (exact) mass is 246 g/mol. The molecule has 2 aliphatic heterocycles. The largest absolute Gasteiger partial charge is 0.508 e. The lowest BCUT2D eigenvalue weighted by molar-refractivity contribution is 0.218. The number of benzene rings is 1. The van der Waals surface area contributed by atoms with E-state index in [1.807, 2.05) is 12.1 Å². The first-order valence-corrected chi connectivity index (χ1v) is 7.02. The maximum absolute atomic E-state index is 10.0. The molecule has 0 spiro atoms. The van der Waals surface area contributed by atoms with Gasteiger partial charge in [-0.2, -0.15) is 0 Å². The first kappa shape index (κ1) is 12.0. The van der Waals surface area contributed by atoms with Gasteiger partial charge in [0.15, 0.2) is 0 Å². The average Bonchev–Trinajstić information content (AvgIpc) is 2.93. The van der Waals surface area contributed by atoms with E-state index in [0.717, 1.165) is 23.8 Å². The van der Waals surface area contributed by atoms with E-state index < -0.39 is 0 Å². The van der Waals surface area contributed by atoms with Crippen LogP contribution in [-0.2, 0) is 0 Å². The Balaban J connectivity index is 1.79. The Hall–Kier alpha value is -1.06. The van der Waals surface area contributed by atoms with Crippen molar-refractivity contribution in [3.8, 4) is 5.75 Å². The molecule has 0 aromatic heterocycles. The zero-order chi connectivity index (χ0) is 12.5. The molecule has 98 valence electrons. The number of hydrogen-bond acceptors (Lipinski definition) is 3. The van der Waals surface area contributed by atoms with Gasteiger partial charge in [-0.1, -0.05) is 25.1 Å². The van der Waals surface area contributed by atoms with Gasteiger partial charge in [0.25, 0.3) is 0 Å². The SMILES string of the molecule is CCC(c1ccccc1O)N1CC2CNCC2C1. The highest BCUT2D eigenvalue weighted by atomic mass is 16.3. The van der Waals surface area contributed by atoms with E-state index in [9.17, 15) is 5.11 Å². The van der Waals surface area contributed by atoms with Gasteiger partial charge < -0.3 is 10.4 Å². The fourth-order valence-corrected chi connectivity index (χ4v) is 3.59. The van der Waals surface area contributed by atoms with Gasteiger partial charge in [-0.15, -0.1) is 0 Å². The molecule has 1 aromatic rings. The molecule has 3 atom stereocenters. The first-order chi connectivity index (χ1) is 8.79. The lowest BCUT2D eigenvalue weighted by atomic mass is 10.0. The first-order valence-electron chi connectivity index (χ1n) is 7.02. The van der Waals surface area contributed by atoms with Crippen molar-refractivity contribution < 1.29 is 5.11 Å². The zero-order valence-corrected chi connectivity index (χ0v) is 11.0. The standard InChI is InChI=1S/C15H22N2O/c1-2-14(13-5-3-4-6-15(13)18)17-9-11-7-16-8-12(11)10-17/h3-6,11-12,14,16,18H,2,7-10H2,1H3. The van der Waals surface area contributed by atoms with Gasteiger partial charge in [0, 0.05) is 24.7 Å². The molecule has 0 amide bonds. The number of likely N-dealkylation sites (tertiary alicyclic amines) is 1. The molecule has 3 nitrogen and oxygen atoms in total. The molecule has 2 saturated heterocycles. The molecule has 2 N–H and O–H groups in total. The molecule has 18 heavy (non-hydrogen) atoms. The van der Waals surface area contributed by atoms with Crippen molar-refractivity contribution >= 4 is 0 Å². The smallest absolute Gasteiger partial charge is 0.120 e. The van der Waals surface area contributed by atoms with E-state index in [0.29, 0.717) is 11.8 Å². The Bertz CT molecular complexity index is 409. The van der Waals surface area contributed by atoms with E-state index in [1.54, 1.807) is 6.07 Å². The third-order valence-corrected chi connectivity index (χ3v) is 4.54. The van der Waals surface area contributed by atoms with Crippen molar-refractivity contribution in [1.29, 1.82) is 0 Å². The molecule has 0 saturated carbocycles. The van der Waals surface area contributed by atoms with Gasteiger partial charge in [0.05, 0.1) is 0 Å². The van der Waals surface area contributed by atoms with Gasteiger partial charge in [0.1, 0.15) is 5.75 Å². The fraction of sp³-hybridized carbons (Fsp3) is 0.600. The Labute approximate surface area is 109 Å². The van der Waals surface area contributed by atoms with Crippen molar-refractivity contribution in [3.05, 3.63) is 29.8 Å². The Morgan fingerprint density at radius 2 is 1.94 bits per heavy atom. The Morgan fingerprint density at radius 1 is 1.28 bits per heavy atom. The van der Waals surface area contributed by atoms with Gasteiger partial charge in [-0.05, 0) is 37.4 Å². The van der Waals surface area contributed by atoms with Crippen LogP contribution in [0.3, 0.4) is 0 Å². The van der Waals surface area contributed by atoms with Gasteiger partial charge in [-0.25, -0.2) is 0 Å². The number of fused-ring (bicyclic) bond motifs is 1. The third-order valence-electron chi connectivity index (χ3n) is 4.54. The van der Waals surface area contributed by atoms with Crippen molar-refractivity contribution in [2.45, 2.75) is 19.4 Å². The Kier molecular flexibility index (Phi) is 3.27. The number of para-hydroxylation sites is 1. The summed E-state index contributed by atoms with van der Waals surface area (Å²) in [5.74, 6) is 2.06. The van der Waals surface area contributed by atoms with Crippen LogP contribution in [0.5, 0.6) is 5.75 Å². The van der Waals surface area contributed by atoms with Crippen LogP contribution < -0.4 is 5.32 Å². The van der Waals surface area contributed by atoms with Crippen molar-refractivity contribution in [2.24, 2.45) is 11.8 Å². The highest BCUT2D eigenvalue weighted by Crippen LogP contribution is 2.37. The number of phenols is 1. The average molecular weight is 246 g/mol. The summed E-state index contributed by atoms with van der Waals surface area (Å²) in [7, 11) is 0. The molecule has 0 radical (unpaired) electrons. The number of hydrogen-bond donors (Lipinski definition) is 2. The second-order valence-electron chi connectivity index (χ2n) is 5.62. The summed E-state index contributed by atoms with van der Waals surface area (Å²) in [5.41, 5.74) is 1.09. The molecule has 2 fully saturated rings. The van der Waals surface area contributed by atoms with E-state index >= 15 is 0 Å². The zero-order valence-electron chi connectivity index (χ0n) is 11.0. The van der Waals surface area contributed by atoms with Crippen LogP contribution in [-0.4, -0.2) is 36.2 Å². The third kappa shape index (κ3) is 2.02. The Morgan fingerprint density at radius 3 is 2.56 bits per heavy atom. The van der Waals surface area contributed by atoms with Crippen LogP contribution in [0, 0.1) is 11.8 Å². The highest BCUT2D eigenvalue weighted by Gasteiger charge is 2.38. The number of nitrogens with one attached hydrogen (secondary N) is 1. The summed E-state index contributed by atoms with van der Waals surface area (Å²) in [6.07, 6.45) is 1.06. The maximum Gasteiger partial charge on any atom is 0.120 e. The fourth-order valence-electron chi connectivity index (χ4n) is 3.59. The minimum Gasteiger partial charge on any atom is -0.508 e. The van der Waals surface area contributed by atoms with Crippen molar-refractivity contribution in [3.63, 3.8) is 0 Å². The molecule has 0 aliphatic carbocycles. The molecule has 2 heterocycles. The minimum atomic E-state index is 0.372. The van der Waals surface area contributed by atoms with Gasteiger partial charge >= 0.3 is 0 Å². The number of rotatable bonds is 3. The summed E-state index contributed by atoms with van der Waals surface area (Å²) >= 11 is 0. The molecule has 2 aliphatic rings. The predicted octanol–water partition coefficient (Wildman–Crippen LogP) is 1.99. The summed E-state index contributed by atoms with van der Waals surface area (Å²) < 4.78 is 0. The van der Waals surface area contributed by atoms with Crippen molar-refractivity contribution in [2.75, 3.05) is 26.2 Å². The van der Waals surface area contributed by atoms with Gasteiger partial charge in [0.2, 0.25) is 0 Å². The maximum atomic E-state index is 10.0. The van der Waals surface area contributed by atoms with Crippen LogP contribution in [0.4, 0.5) is 0 Å². The number of phenolic OH excluding ortho intramolecular Hbond substituents is 1. The topological polar surface area (TPSA) is 35.5 Å². The highest BCUT2D eigenvalue weighted by molar-refractivity contribution is 5.34. The predicted molar refractivity (Wildman–Crippen MR) is 72.6 cm³/mol. The van der Waals surface area contributed by atoms with E-state index in [1.165, 1.54) is 26.2 Å². The lowest BCUT2D eigenvalue weighted by Gasteiger charge is -2.28. The number of nitrogens with zero attached hydrogens (tertiary/aromatic N) is 1. The van der Waals surface area contributed by atoms with E-state index in [2.05, 4.69) is 23.2 Å². The summed E-state index contributed by atoms with van der Waals surface area (Å²) in [4.78, 5) is 2.56. The van der Waals surface area contributed by atoms with E-state index in [4.69, 9.17) is 0 Å². The van der Waals surface area contributed by atoms with Crippen LogP contribution >= 0.6 is 0 Å².